The van der Waals surface area contributed by atoms with Crippen molar-refractivity contribution in [3.8, 4) is 5.75 Å². The lowest BCUT2D eigenvalue weighted by Gasteiger charge is -2.26. The van der Waals surface area contributed by atoms with E-state index in [4.69, 9.17) is 4.74 Å². The van der Waals surface area contributed by atoms with E-state index in [1.54, 1.807) is 6.92 Å². The maximum atomic E-state index is 13.2. The number of hydrogen-bond donors (Lipinski definition) is 2. The summed E-state index contributed by atoms with van der Waals surface area (Å²) in [5.74, 6) is 0.140. The fraction of sp³-hybridized carbons (Fsp3) is 0.538. The third-order valence-corrected chi connectivity index (χ3v) is 3.05. The van der Waals surface area contributed by atoms with Gasteiger partial charge < -0.3 is 15.2 Å². The van der Waals surface area contributed by atoms with Crippen molar-refractivity contribution in [2.45, 2.75) is 31.4 Å². The molecular weight excluding hydrogens is 221 g/mol. The van der Waals surface area contributed by atoms with Gasteiger partial charge in [-0.05, 0) is 38.0 Å². The first-order chi connectivity index (χ1) is 8.03. The Hall–Kier alpha value is -1.13. The van der Waals surface area contributed by atoms with Gasteiger partial charge in [0.2, 0.25) is 0 Å². The van der Waals surface area contributed by atoms with Gasteiger partial charge in [-0.3, -0.25) is 0 Å². The van der Waals surface area contributed by atoms with Crippen molar-refractivity contribution in [3.63, 3.8) is 0 Å². The van der Waals surface area contributed by atoms with Crippen LogP contribution in [0, 0.1) is 5.82 Å². The van der Waals surface area contributed by atoms with E-state index >= 15 is 0 Å². The maximum Gasteiger partial charge on any atom is 0.125 e. The molecule has 1 atom stereocenters. The van der Waals surface area contributed by atoms with Gasteiger partial charge in [0.15, 0.2) is 0 Å². The normalized spacial score (nSPS) is 18.8. The van der Waals surface area contributed by atoms with Crippen molar-refractivity contribution >= 4 is 0 Å². The van der Waals surface area contributed by atoms with E-state index in [9.17, 15) is 9.50 Å². The molecule has 0 aromatic heterocycles. The molecule has 0 spiro atoms. The SMILES string of the molecule is COc1ccc(F)cc1C(C)(O)CNC1CC1. The van der Waals surface area contributed by atoms with Crippen LogP contribution in [0.1, 0.15) is 25.3 Å². The van der Waals surface area contributed by atoms with Gasteiger partial charge in [-0.25, -0.2) is 4.39 Å². The van der Waals surface area contributed by atoms with E-state index in [0.717, 1.165) is 12.8 Å². The molecule has 0 aliphatic heterocycles. The number of halogens is 1. The van der Waals surface area contributed by atoms with Gasteiger partial charge in [-0.15, -0.1) is 0 Å². The predicted molar refractivity (Wildman–Crippen MR) is 63.5 cm³/mol. The summed E-state index contributed by atoms with van der Waals surface area (Å²) in [6, 6.07) is 4.69. The van der Waals surface area contributed by atoms with Crippen molar-refractivity contribution in [1.29, 1.82) is 0 Å². The van der Waals surface area contributed by atoms with Crippen LogP contribution in [0.4, 0.5) is 4.39 Å². The van der Waals surface area contributed by atoms with Gasteiger partial charge in [0.05, 0.1) is 7.11 Å². The number of rotatable bonds is 5. The van der Waals surface area contributed by atoms with Crippen LogP contribution in [0.2, 0.25) is 0 Å². The monoisotopic (exact) mass is 239 g/mol. The molecule has 1 aromatic carbocycles. The third kappa shape index (κ3) is 2.96. The summed E-state index contributed by atoms with van der Waals surface area (Å²) in [6.07, 6.45) is 2.30. The summed E-state index contributed by atoms with van der Waals surface area (Å²) in [5.41, 5.74) is -0.649. The van der Waals surface area contributed by atoms with E-state index in [2.05, 4.69) is 5.32 Å². The first-order valence-corrected chi connectivity index (χ1v) is 5.83. The number of ether oxygens (including phenoxy) is 1. The van der Waals surface area contributed by atoms with E-state index in [0.29, 0.717) is 23.9 Å². The zero-order valence-electron chi connectivity index (χ0n) is 10.2. The van der Waals surface area contributed by atoms with Gasteiger partial charge in [0.1, 0.15) is 17.2 Å². The first-order valence-electron chi connectivity index (χ1n) is 5.83. The van der Waals surface area contributed by atoms with Crippen LogP contribution in [-0.4, -0.2) is 24.8 Å². The molecule has 2 N–H and O–H groups in total. The molecule has 2 rings (SSSR count). The zero-order chi connectivity index (χ0) is 12.5. The summed E-state index contributed by atoms with van der Waals surface area (Å²) < 4.78 is 18.4. The topological polar surface area (TPSA) is 41.5 Å². The van der Waals surface area contributed by atoms with Gasteiger partial charge in [0.25, 0.3) is 0 Å². The van der Waals surface area contributed by atoms with Gasteiger partial charge >= 0.3 is 0 Å². The number of aliphatic hydroxyl groups is 1. The summed E-state index contributed by atoms with van der Waals surface area (Å²) in [5, 5.41) is 13.6. The molecule has 1 aliphatic rings. The third-order valence-electron chi connectivity index (χ3n) is 3.05. The van der Waals surface area contributed by atoms with E-state index in [1.807, 2.05) is 0 Å². The maximum absolute atomic E-state index is 13.2. The van der Waals surface area contributed by atoms with Crippen molar-refractivity contribution in [1.82, 2.24) is 5.32 Å². The fourth-order valence-corrected chi connectivity index (χ4v) is 1.83. The first kappa shape index (κ1) is 12.3. The Morgan fingerprint density at radius 1 is 1.53 bits per heavy atom. The summed E-state index contributed by atoms with van der Waals surface area (Å²) in [6.45, 7) is 2.07. The quantitative estimate of drug-likeness (QED) is 0.823. The van der Waals surface area contributed by atoms with E-state index in [1.165, 1.54) is 25.3 Å². The van der Waals surface area contributed by atoms with Crippen LogP contribution in [0.3, 0.4) is 0 Å². The second-order valence-corrected chi connectivity index (χ2v) is 4.77. The molecule has 0 radical (unpaired) electrons. The fourth-order valence-electron chi connectivity index (χ4n) is 1.83. The molecule has 0 saturated heterocycles. The smallest absolute Gasteiger partial charge is 0.125 e. The largest absolute Gasteiger partial charge is 0.496 e. The Bertz CT molecular complexity index is 402. The van der Waals surface area contributed by atoms with Crippen molar-refractivity contribution in [2.24, 2.45) is 0 Å². The highest BCUT2D eigenvalue weighted by atomic mass is 19.1. The molecule has 1 aromatic rings. The van der Waals surface area contributed by atoms with Crippen molar-refractivity contribution < 1.29 is 14.2 Å². The van der Waals surface area contributed by atoms with Crippen LogP contribution in [-0.2, 0) is 5.60 Å². The summed E-state index contributed by atoms with van der Waals surface area (Å²) in [4.78, 5) is 0. The number of hydrogen-bond acceptors (Lipinski definition) is 3. The Balaban J connectivity index is 2.19. The van der Waals surface area contributed by atoms with Gasteiger partial charge in [-0.2, -0.15) is 0 Å². The van der Waals surface area contributed by atoms with Gasteiger partial charge in [0, 0.05) is 18.2 Å². The lowest BCUT2D eigenvalue weighted by atomic mass is 9.94. The molecule has 4 heteroatoms. The number of methoxy groups -OCH3 is 1. The molecule has 1 fully saturated rings. The van der Waals surface area contributed by atoms with Gasteiger partial charge in [-0.1, -0.05) is 0 Å². The lowest BCUT2D eigenvalue weighted by Crippen LogP contribution is -2.36. The number of nitrogens with one attached hydrogen (secondary N) is 1. The van der Waals surface area contributed by atoms with E-state index < -0.39 is 5.60 Å². The Morgan fingerprint density at radius 3 is 2.82 bits per heavy atom. The van der Waals surface area contributed by atoms with Crippen molar-refractivity contribution in [2.75, 3.05) is 13.7 Å². The molecule has 1 saturated carbocycles. The van der Waals surface area contributed by atoms with Crippen LogP contribution >= 0.6 is 0 Å². The summed E-state index contributed by atoms with van der Waals surface area (Å²) >= 11 is 0. The molecular formula is C13H18FNO2. The molecule has 0 heterocycles. The van der Waals surface area contributed by atoms with Crippen LogP contribution in [0.25, 0.3) is 0 Å². The molecule has 1 aliphatic carbocycles. The molecule has 94 valence electrons. The minimum atomic E-state index is -1.13. The molecule has 17 heavy (non-hydrogen) atoms. The highest BCUT2D eigenvalue weighted by molar-refractivity contribution is 5.38. The lowest BCUT2D eigenvalue weighted by molar-refractivity contribution is 0.0536. The standard InChI is InChI=1S/C13H18FNO2/c1-13(16,8-15-10-4-5-10)11-7-9(14)3-6-12(11)17-2/h3,6-7,10,15-16H,4-5,8H2,1-2H3. The molecule has 3 nitrogen and oxygen atoms in total. The molecule has 1 unspecified atom stereocenters. The number of benzene rings is 1. The average Bonchev–Trinajstić information content (AvgIpc) is 3.10. The van der Waals surface area contributed by atoms with Crippen molar-refractivity contribution in [3.05, 3.63) is 29.6 Å². The predicted octanol–water partition coefficient (Wildman–Crippen LogP) is 1.79. The zero-order valence-corrected chi connectivity index (χ0v) is 10.2. The Kier molecular flexibility index (Phi) is 3.35. The minimum absolute atomic E-state index is 0.368. The van der Waals surface area contributed by atoms with Crippen LogP contribution < -0.4 is 10.1 Å². The molecule has 0 amide bonds. The Labute approximate surface area is 101 Å². The van der Waals surface area contributed by atoms with E-state index in [-0.39, 0.29) is 5.82 Å². The van der Waals surface area contributed by atoms with Crippen LogP contribution in [0.15, 0.2) is 18.2 Å². The highest BCUT2D eigenvalue weighted by Gasteiger charge is 2.30. The second kappa shape index (κ2) is 4.63. The minimum Gasteiger partial charge on any atom is -0.496 e. The summed E-state index contributed by atoms with van der Waals surface area (Å²) in [7, 11) is 1.52. The second-order valence-electron chi connectivity index (χ2n) is 4.77. The Morgan fingerprint density at radius 2 is 2.24 bits per heavy atom. The highest BCUT2D eigenvalue weighted by Crippen LogP contribution is 2.31. The average molecular weight is 239 g/mol. The molecule has 0 bridgehead atoms. The van der Waals surface area contributed by atoms with Crippen LogP contribution in [0.5, 0.6) is 5.75 Å².